The maximum absolute atomic E-state index is 12.9. The average molecular weight is 416 g/mol. The van der Waals surface area contributed by atoms with Crippen molar-refractivity contribution in [3.63, 3.8) is 0 Å². The Labute approximate surface area is 179 Å². The van der Waals surface area contributed by atoms with Crippen LogP contribution >= 0.6 is 0 Å². The minimum atomic E-state index is -0.446. The number of amides is 1. The minimum Gasteiger partial charge on any atom is -0.497 e. The Morgan fingerprint density at radius 3 is 2.81 bits per heavy atom. The molecule has 1 unspecified atom stereocenters. The molecule has 158 valence electrons. The lowest BCUT2D eigenvalue weighted by Gasteiger charge is -2.19. The van der Waals surface area contributed by atoms with E-state index >= 15 is 0 Å². The van der Waals surface area contributed by atoms with E-state index in [1.54, 1.807) is 14.0 Å². The number of benzene rings is 2. The number of nitrogens with zero attached hydrogens (tertiary/aromatic N) is 1. The van der Waals surface area contributed by atoms with E-state index in [0.29, 0.717) is 23.7 Å². The maximum Gasteiger partial charge on any atom is 0.251 e. The highest BCUT2D eigenvalue weighted by molar-refractivity contribution is 5.83. The molecule has 1 atom stereocenters. The van der Waals surface area contributed by atoms with Gasteiger partial charge < -0.3 is 20.0 Å². The van der Waals surface area contributed by atoms with Crippen molar-refractivity contribution in [1.82, 2.24) is 20.3 Å². The SMILES string of the molecule is COc1cccc(CC(=O)NC(Cc2c[nH]c3ccccc23)c2cc(=O)[nH]c(C)n2)c1. The van der Waals surface area contributed by atoms with Gasteiger partial charge in [0.15, 0.2) is 0 Å². The van der Waals surface area contributed by atoms with Crippen molar-refractivity contribution in [3.05, 3.63) is 93.8 Å². The molecular weight excluding hydrogens is 392 g/mol. The molecule has 7 nitrogen and oxygen atoms in total. The lowest BCUT2D eigenvalue weighted by molar-refractivity contribution is -0.121. The number of hydrogen-bond acceptors (Lipinski definition) is 4. The normalized spacial score (nSPS) is 11.9. The zero-order valence-electron chi connectivity index (χ0n) is 17.4. The molecule has 0 spiro atoms. The lowest BCUT2D eigenvalue weighted by atomic mass is 10.0. The highest BCUT2D eigenvalue weighted by atomic mass is 16.5. The van der Waals surface area contributed by atoms with E-state index < -0.39 is 6.04 Å². The number of aromatic nitrogens is 3. The van der Waals surface area contributed by atoms with Crippen molar-refractivity contribution >= 4 is 16.8 Å². The summed E-state index contributed by atoms with van der Waals surface area (Å²) in [5.41, 5.74) is 3.20. The molecule has 2 aromatic heterocycles. The highest BCUT2D eigenvalue weighted by Crippen LogP contribution is 2.24. The first-order valence-electron chi connectivity index (χ1n) is 10.1. The van der Waals surface area contributed by atoms with Crippen LogP contribution in [0.15, 0.2) is 65.6 Å². The number of H-pyrrole nitrogens is 2. The van der Waals surface area contributed by atoms with Gasteiger partial charge in [0.05, 0.1) is 25.3 Å². The van der Waals surface area contributed by atoms with E-state index in [0.717, 1.165) is 22.0 Å². The topological polar surface area (TPSA) is 99.9 Å². The first-order valence-corrected chi connectivity index (χ1v) is 10.1. The van der Waals surface area contributed by atoms with E-state index in [-0.39, 0.29) is 17.9 Å². The molecule has 2 aromatic carbocycles. The Hall–Kier alpha value is -3.87. The summed E-state index contributed by atoms with van der Waals surface area (Å²) in [6.45, 7) is 1.73. The van der Waals surface area contributed by atoms with Crippen LogP contribution in [0.4, 0.5) is 0 Å². The van der Waals surface area contributed by atoms with Crippen LogP contribution in [-0.4, -0.2) is 28.0 Å². The van der Waals surface area contributed by atoms with Crippen molar-refractivity contribution in [3.8, 4) is 5.75 Å². The molecule has 31 heavy (non-hydrogen) atoms. The number of methoxy groups -OCH3 is 1. The van der Waals surface area contributed by atoms with Crippen LogP contribution < -0.4 is 15.6 Å². The van der Waals surface area contributed by atoms with E-state index in [1.165, 1.54) is 6.07 Å². The van der Waals surface area contributed by atoms with Gasteiger partial charge in [-0.05, 0) is 36.2 Å². The first kappa shape index (κ1) is 20.4. The average Bonchev–Trinajstić information content (AvgIpc) is 3.15. The van der Waals surface area contributed by atoms with Gasteiger partial charge in [-0.25, -0.2) is 4.98 Å². The third kappa shape index (κ3) is 4.83. The summed E-state index contributed by atoms with van der Waals surface area (Å²) >= 11 is 0. The van der Waals surface area contributed by atoms with Crippen LogP contribution in [0.2, 0.25) is 0 Å². The summed E-state index contributed by atoms with van der Waals surface area (Å²) in [5, 5.41) is 4.15. The van der Waals surface area contributed by atoms with Gasteiger partial charge in [0.1, 0.15) is 11.6 Å². The molecule has 0 saturated heterocycles. The predicted molar refractivity (Wildman–Crippen MR) is 119 cm³/mol. The number of carbonyl (C=O) groups excluding carboxylic acids is 1. The van der Waals surface area contributed by atoms with Crippen molar-refractivity contribution in [2.45, 2.75) is 25.8 Å². The van der Waals surface area contributed by atoms with Gasteiger partial charge in [0.2, 0.25) is 5.91 Å². The summed E-state index contributed by atoms with van der Waals surface area (Å²) in [4.78, 5) is 35.3. The zero-order chi connectivity index (χ0) is 21.8. The van der Waals surface area contributed by atoms with Gasteiger partial charge in [-0.15, -0.1) is 0 Å². The Morgan fingerprint density at radius 1 is 1.16 bits per heavy atom. The zero-order valence-corrected chi connectivity index (χ0v) is 17.4. The van der Waals surface area contributed by atoms with Crippen LogP contribution in [0.5, 0.6) is 5.75 Å². The number of para-hydroxylation sites is 1. The molecule has 0 aliphatic rings. The third-order valence-corrected chi connectivity index (χ3v) is 5.17. The fourth-order valence-electron chi connectivity index (χ4n) is 3.74. The first-order chi connectivity index (χ1) is 15.0. The summed E-state index contributed by atoms with van der Waals surface area (Å²) in [6.07, 6.45) is 2.64. The van der Waals surface area contributed by atoms with Gasteiger partial charge >= 0.3 is 0 Å². The summed E-state index contributed by atoms with van der Waals surface area (Å²) in [6, 6.07) is 16.4. The number of fused-ring (bicyclic) bond motifs is 1. The fraction of sp³-hybridized carbons (Fsp3) is 0.208. The number of aromatic amines is 2. The van der Waals surface area contributed by atoms with E-state index in [2.05, 4.69) is 20.3 Å². The number of nitrogens with one attached hydrogen (secondary N) is 3. The van der Waals surface area contributed by atoms with E-state index in [4.69, 9.17) is 4.74 Å². The smallest absolute Gasteiger partial charge is 0.251 e. The minimum absolute atomic E-state index is 0.155. The van der Waals surface area contributed by atoms with Crippen LogP contribution in [0, 0.1) is 6.92 Å². The molecule has 7 heteroatoms. The van der Waals surface area contributed by atoms with Crippen LogP contribution in [0.1, 0.15) is 28.7 Å². The Balaban J connectivity index is 1.61. The number of hydrogen-bond donors (Lipinski definition) is 3. The molecule has 0 aliphatic carbocycles. The highest BCUT2D eigenvalue weighted by Gasteiger charge is 2.20. The molecule has 4 aromatic rings. The van der Waals surface area contributed by atoms with Crippen molar-refractivity contribution in [2.75, 3.05) is 7.11 Å². The van der Waals surface area contributed by atoms with Gasteiger partial charge in [-0.1, -0.05) is 30.3 Å². The molecule has 2 heterocycles. The summed E-state index contributed by atoms with van der Waals surface area (Å²) in [5.74, 6) is 1.05. The molecule has 1 amide bonds. The summed E-state index contributed by atoms with van der Waals surface area (Å²) in [7, 11) is 1.59. The second kappa shape index (κ2) is 8.87. The number of carbonyl (C=O) groups is 1. The number of ether oxygens (including phenoxy) is 1. The van der Waals surface area contributed by atoms with Crippen molar-refractivity contribution in [2.24, 2.45) is 0 Å². The molecular formula is C24H24N4O3. The Morgan fingerprint density at radius 2 is 2.00 bits per heavy atom. The molecule has 0 fully saturated rings. The van der Waals surface area contributed by atoms with Crippen LogP contribution in [-0.2, 0) is 17.6 Å². The van der Waals surface area contributed by atoms with Gasteiger partial charge in [0, 0.05) is 29.6 Å². The molecule has 0 bridgehead atoms. The monoisotopic (exact) mass is 416 g/mol. The van der Waals surface area contributed by atoms with Crippen LogP contribution in [0.25, 0.3) is 10.9 Å². The number of aryl methyl sites for hydroxylation is 1. The quantitative estimate of drug-likeness (QED) is 0.431. The third-order valence-electron chi connectivity index (χ3n) is 5.17. The summed E-state index contributed by atoms with van der Waals surface area (Å²) < 4.78 is 5.24. The maximum atomic E-state index is 12.9. The molecule has 3 N–H and O–H groups in total. The molecule has 4 rings (SSSR count). The van der Waals surface area contributed by atoms with Crippen molar-refractivity contribution in [1.29, 1.82) is 0 Å². The van der Waals surface area contributed by atoms with E-state index in [1.807, 2.05) is 54.7 Å². The Bertz CT molecular complexity index is 1280. The molecule has 0 aliphatic heterocycles. The fourth-order valence-corrected chi connectivity index (χ4v) is 3.74. The molecule has 0 saturated carbocycles. The van der Waals surface area contributed by atoms with Gasteiger partial charge in [-0.3, -0.25) is 9.59 Å². The lowest BCUT2D eigenvalue weighted by Crippen LogP contribution is -2.32. The van der Waals surface area contributed by atoms with Gasteiger partial charge in [-0.2, -0.15) is 0 Å². The van der Waals surface area contributed by atoms with Crippen molar-refractivity contribution < 1.29 is 9.53 Å². The van der Waals surface area contributed by atoms with E-state index in [9.17, 15) is 9.59 Å². The molecule has 0 radical (unpaired) electrons. The standard InChI is InChI=1S/C24H24N4O3/c1-15-26-22(13-24(30)27-15)21(12-17-14-25-20-9-4-3-8-19(17)20)28-23(29)11-16-6-5-7-18(10-16)31-2/h3-10,13-14,21,25H,11-12H2,1-2H3,(H,28,29)(H,26,27,30). The predicted octanol–water partition coefficient (Wildman–Crippen LogP) is 3.21. The van der Waals surface area contributed by atoms with Gasteiger partial charge in [0.25, 0.3) is 5.56 Å². The largest absolute Gasteiger partial charge is 0.497 e. The second-order valence-corrected chi connectivity index (χ2v) is 7.47. The Kier molecular flexibility index (Phi) is 5.84. The number of rotatable bonds is 7. The van der Waals surface area contributed by atoms with Crippen LogP contribution in [0.3, 0.4) is 0 Å². The second-order valence-electron chi connectivity index (χ2n) is 7.47.